The van der Waals surface area contributed by atoms with E-state index in [0.717, 1.165) is 11.3 Å². The Kier molecular flexibility index (Phi) is 7.55. The van der Waals surface area contributed by atoms with Gasteiger partial charge in [0.1, 0.15) is 5.75 Å². The molecule has 0 spiro atoms. The van der Waals surface area contributed by atoms with Crippen molar-refractivity contribution >= 4 is 23.3 Å². The zero-order chi connectivity index (χ0) is 19.6. The van der Waals surface area contributed by atoms with Gasteiger partial charge < -0.3 is 14.8 Å². The molecule has 27 heavy (non-hydrogen) atoms. The number of hydrogen-bond donors (Lipinski definition) is 1. The van der Waals surface area contributed by atoms with Crippen LogP contribution in [0.5, 0.6) is 5.75 Å². The van der Waals surface area contributed by atoms with E-state index >= 15 is 0 Å². The van der Waals surface area contributed by atoms with Crippen molar-refractivity contribution in [2.45, 2.75) is 26.7 Å². The second-order valence-corrected chi connectivity index (χ2v) is 5.88. The molecule has 0 aliphatic rings. The number of Topliss-reactive ketones (excluding diaryl/α,β-unsaturated/α-hetero) is 1. The van der Waals surface area contributed by atoms with E-state index in [0.29, 0.717) is 24.3 Å². The highest BCUT2D eigenvalue weighted by molar-refractivity contribution is 5.98. The van der Waals surface area contributed by atoms with Crippen LogP contribution in [0.4, 0.5) is 5.69 Å². The van der Waals surface area contributed by atoms with Crippen LogP contribution in [0.15, 0.2) is 48.5 Å². The first-order valence-electron chi connectivity index (χ1n) is 8.76. The number of amides is 1. The summed E-state index contributed by atoms with van der Waals surface area (Å²) in [6, 6.07) is 13.9. The smallest absolute Gasteiger partial charge is 0.306 e. The molecule has 0 aromatic heterocycles. The average Bonchev–Trinajstić information content (AvgIpc) is 2.66. The third kappa shape index (κ3) is 6.58. The fourth-order valence-electron chi connectivity index (χ4n) is 2.49. The first-order chi connectivity index (χ1) is 13.0. The van der Waals surface area contributed by atoms with Gasteiger partial charge >= 0.3 is 5.97 Å². The van der Waals surface area contributed by atoms with Crippen molar-refractivity contribution in [2.24, 2.45) is 0 Å². The second kappa shape index (κ2) is 10.1. The van der Waals surface area contributed by atoms with Crippen LogP contribution >= 0.6 is 0 Å². The number of anilines is 1. The van der Waals surface area contributed by atoms with Gasteiger partial charge in [-0.3, -0.25) is 14.4 Å². The van der Waals surface area contributed by atoms with Gasteiger partial charge in [-0.2, -0.15) is 0 Å². The molecular weight excluding hydrogens is 346 g/mol. The zero-order valence-corrected chi connectivity index (χ0v) is 15.5. The minimum absolute atomic E-state index is 0.166. The Morgan fingerprint density at radius 2 is 1.70 bits per heavy atom. The lowest BCUT2D eigenvalue weighted by molar-refractivity contribution is -0.142. The Balaban J connectivity index is 1.81. The van der Waals surface area contributed by atoms with Crippen LogP contribution in [0.25, 0.3) is 0 Å². The van der Waals surface area contributed by atoms with Crippen LogP contribution < -0.4 is 10.1 Å². The van der Waals surface area contributed by atoms with Crippen molar-refractivity contribution < 1.29 is 23.9 Å². The number of para-hydroxylation sites is 1. The van der Waals surface area contributed by atoms with Crippen LogP contribution in [0.1, 0.15) is 36.2 Å². The molecule has 1 N–H and O–H groups in total. The van der Waals surface area contributed by atoms with Gasteiger partial charge in [-0.15, -0.1) is 0 Å². The van der Waals surface area contributed by atoms with Crippen molar-refractivity contribution in [3.05, 3.63) is 59.7 Å². The molecule has 142 valence electrons. The van der Waals surface area contributed by atoms with Gasteiger partial charge in [0.25, 0.3) is 0 Å². The zero-order valence-electron chi connectivity index (χ0n) is 15.5. The van der Waals surface area contributed by atoms with Crippen molar-refractivity contribution in [1.29, 1.82) is 0 Å². The number of rotatable bonds is 9. The summed E-state index contributed by atoms with van der Waals surface area (Å²) in [6.07, 6.45) is 0.646. The molecule has 0 bridgehead atoms. The molecule has 0 saturated heterocycles. The minimum atomic E-state index is -0.440. The summed E-state index contributed by atoms with van der Waals surface area (Å²) in [5.41, 5.74) is 1.94. The van der Waals surface area contributed by atoms with E-state index in [-0.39, 0.29) is 24.7 Å². The predicted octanol–water partition coefficient (Wildman–Crippen LogP) is 3.40. The van der Waals surface area contributed by atoms with Crippen LogP contribution in [0.2, 0.25) is 0 Å². The average molecular weight is 369 g/mol. The molecule has 0 unspecified atom stereocenters. The number of carbonyl (C=O) groups is 3. The third-order valence-electron chi connectivity index (χ3n) is 3.76. The summed E-state index contributed by atoms with van der Waals surface area (Å²) >= 11 is 0. The summed E-state index contributed by atoms with van der Waals surface area (Å²) in [5, 5.41) is 2.62. The van der Waals surface area contributed by atoms with Gasteiger partial charge in [0, 0.05) is 24.6 Å². The lowest BCUT2D eigenvalue weighted by Gasteiger charge is -2.10. The van der Waals surface area contributed by atoms with Crippen LogP contribution in [0, 0.1) is 0 Å². The molecule has 6 heteroatoms. The van der Waals surface area contributed by atoms with Gasteiger partial charge in [0.15, 0.2) is 12.4 Å². The van der Waals surface area contributed by atoms with Crippen molar-refractivity contribution in [3.63, 3.8) is 0 Å². The van der Waals surface area contributed by atoms with E-state index in [1.807, 2.05) is 31.2 Å². The number of aryl methyl sites for hydroxylation is 1. The SMILES string of the molecule is CCOc1ccccc1CCC(=O)OCC(=O)c1ccc(NC(C)=O)cc1. The Hall–Kier alpha value is -3.15. The maximum Gasteiger partial charge on any atom is 0.306 e. The van der Waals surface area contributed by atoms with Gasteiger partial charge in [0.05, 0.1) is 6.61 Å². The normalized spacial score (nSPS) is 10.1. The first-order valence-corrected chi connectivity index (χ1v) is 8.76. The standard InChI is InChI=1S/C21H23NO5/c1-3-26-20-7-5-4-6-17(20)10-13-21(25)27-14-19(24)16-8-11-18(12-9-16)22-15(2)23/h4-9,11-12H,3,10,13-14H2,1-2H3,(H,22,23). The van der Waals surface area contributed by atoms with Gasteiger partial charge in [-0.1, -0.05) is 18.2 Å². The van der Waals surface area contributed by atoms with Crippen LogP contribution in [-0.2, 0) is 20.7 Å². The van der Waals surface area contributed by atoms with E-state index in [1.54, 1.807) is 24.3 Å². The molecule has 0 atom stereocenters. The van der Waals surface area contributed by atoms with Crippen LogP contribution in [-0.4, -0.2) is 30.9 Å². The Morgan fingerprint density at radius 1 is 1.00 bits per heavy atom. The lowest BCUT2D eigenvalue weighted by Crippen LogP contribution is -2.15. The quantitative estimate of drug-likeness (QED) is 0.541. The number of ether oxygens (including phenoxy) is 2. The lowest BCUT2D eigenvalue weighted by atomic mass is 10.1. The highest BCUT2D eigenvalue weighted by Gasteiger charge is 2.12. The first kappa shape index (κ1) is 20.2. The third-order valence-corrected chi connectivity index (χ3v) is 3.76. The highest BCUT2D eigenvalue weighted by atomic mass is 16.5. The summed E-state index contributed by atoms with van der Waals surface area (Å²) in [7, 11) is 0. The summed E-state index contributed by atoms with van der Waals surface area (Å²) in [6.45, 7) is 3.55. The van der Waals surface area contributed by atoms with Gasteiger partial charge in [-0.05, 0) is 49.2 Å². The van der Waals surface area contributed by atoms with Crippen molar-refractivity contribution in [1.82, 2.24) is 0 Å². The van der Waals surface area contributed by atoms with Gasteiger partial charge in [0.2, 0.25) is 5.91 Å². The van der Waals surface area contributed by atoms with E-state index in [9.17, 15) is 14.4 Å². The number of ketones is 1. The summed E-state index contributed by atoms with van der Waals surface area (Å²) < 4.78 is 10.6. The van der Waals surface area contributed by atoms with E-state index in [4.69, 9.17) is 9.47 Å². The second-order valence-electron chi connectivity index (χ2n) is 5.88. The van der Waals surface area contributed by atoms with Crippen molar-refractivity contribution in [2.75, 3.05) is 18.5 Å². The fourth-order valence-corrected chi connectivity index (χ4v) is 2.49. The Labute approximate surface area is 158 Å². The predicted molar refractivity (Wildman–Crippen MR) is 102 cm³/mol. The molecule has 6 nitrogen and oxygen atoms in total. The number of hydrogen-bond acceptors (Lipinski definition) is 5. The molecule has 2 rings (SSSR count). The molecule has 0 radical (unpaired) electrons. The highest BCUT2D eigenvalue weighted by Crippen LogP contribution is 2.19. The van der Waals surface area contributed by atoms with E-state index in [2.05, 4.69) is 5.32 Å². The number of nitrogens with one attached hydrogen (secondary N) is 1. The maximum absolute atomic E-state index is 12.1. The Bertz CT molecular complexity index is 798. The molecule has 0 heterocycles. The molecular formula is C21H23NO5. The van der Waals surface area contributed by atoms with Gasteiger partial charge in [-0.25, -0.2) is 0 Å². The molecule has 1 amide bonds. The number of benzene rings is 2. The minimum Gasteiger partial charge on any atom is -0.494 e. The molecule has 2 aromatic rings. The number of esters is 1. The molecule has 0 fully saturated rings. The fraction of sp³-hybridized carbons (Fsp3) is 0.286. The molecule has 2 aromatic carbocycles. The largest absolute Gasteiger partial charge is 0.494 e. The van der Waals surface area contributed by atoms with Crippen LogP contribution in [0.3, 0.4) is 0 Å². The summed E-state index contributed by atoms with van der Waals surface area (Å²) in [4.78, 5) is 35.0. The Morgan fingerprint density at radius 3 is 2.37 bits per heavy atom. The topological polar surface area (TPSA) is 81.7 Å². The molecule has 0 saturated carbocycles. The van der Waals surface area contributed by atoms with E-state index < -0.39 is 5.97 Å². The number of carbonyl (C=O) groups excluding carboxylic acids is 3. The maximum atomic E-state index is 12.1. The van der Waals surface area contributed by atoms with Crippen molar-refractivity contribution in [3.8, 4) is 5.75 Å². The molecule has 0 aliphatic carbocycles. The summed E-state index contributed by atoms with van der Waals surface area (Å²) in [5.74, 6) is -0.172. The van der Waals surface area contributed by atoms with E-state index in [1.165, 1.54) is 6.92 Å². The molecule has 0 aliphatic heterocycles. The monoisotopic (exact) mass is 369 g/mol.